The average molecular weight is 563 g/mol. The molecule has 3 fully saturated rings. The average Bonchev–Trinajstić information content (AvgIpc) is 3.47. The minimum absolute atomic E-state index is 0.0753. The molecule has 3 aliphatic rings. The smallest absolute Gasteiger partial charge is 0.303 e. The Labute approximate surface area is 241 Å². The van der Waals surface area contributed by atoms with Gasteiger partial charge in [0.1, 0.15) is 0 Å². The van der Waals surface area contributed by atoms with Gasteiger partial charge in [-0.2, -0.15) is 0 Å². The van der Waals surface area contributed by atoms with Crippen molar-refractivity contribution in [2.24, 2.45) is 17.8 Å². The number of carboxylic acid groups (broad SMARTS) is 1. The summed E-state index contributed by atoms with van der Waals surface area (Å²) in [5.41, 5.74) is 1.42. The van der Waals surface area contributed by atoms with Crippen molar-refractivity contribution in [3.05, 3.63) is 72.3 Å². The van der Waals surface area contributed by atoms with Gasteiger partial charge in [0, 0.05) is 25.6 Å². The molecule has 1 unspecified atom stereocenters. The van der Waals surface area contributed by atoms with Crippen LogP contribution in [0.4, 0.5) is 0 Å². The van der Waals surface area contributed by atoms with Crippen molar-refractivity contribution in [2.45, 2.75) is 89.6 Å². The van der Waals surface area contributed by atoms with Gasteiger partial charge < -0.3 is 19.0 Å². The Hall–Kier alpha value is -2.25. The molecule has 0 aromatic heterocycles. The van der Waals surface area contributed by atoms with Crippen LogP contribution >= 0.6 is 0 Å². The van der Waals surface area contributed by atoms with Crippen LogP contribution in [0.5, 0.6) is 0 Å². The molecule has 5 nitrogen and oxygen atoms in total. The second kappa shape index (κ2) is 12.7. The van der Waals surface area contributed by atoms with Crippen molar-refractivity contribution < 1.29 is 23.8 Å². The second-order valence-electron chi connectivity index (χ2n) is 13.0. The van der Waals surface area contributed by atoms with Gasteiger partial charge in [0.2, 0.25) is 0 Å². The molecule has 2 aromatic rings. The van der Waals surface area contributed by atoms with Crippen molar-refractivity contribution in [2.75, 3.05) is 13.2 Å². The largest absolute Gasteiger partial charge is 0.481 e. The lowest BCUT2D eigenvalue weighted by Gasteiger charge is -2.44. The van der Waals surface area contributed by atoms with Gasteiger partial charge in [-0.1, -0.05) is 93.1 Å². The van der Waals surface area contributed by atoms with E-state index < -0.39 is 14.3 Å². The van der Waals surface area contributed by atoms with E-state index >= 15 is 0 Å². The van der Waals surface area contributed by atoms with E-state index in [1.807, 2.05) is 0 Å². The van der Waals surface area contributed by atoms with Crippen LogP contribution in [0.2, 0.25) is 5.04 Å². The molecule has 216 valence electrons. The van der Waals surface area contributed by atoms with Crippen LogP contribution in [-0.4, -0.2) is 45.0 Å². The zero-order valence-electron chi connectivity index (χ0n) is 24.4. The molecule has 0 spiro atoms. The number of aliphatic carboxylic acids is 1. The fourth-order valence-electron chi connectivity index (χ4n) is 7.50. The lowest BCUT2D eigenvalue weighted by atomic mass is 9.92. The maximum Gasteiger partial charge on any atom is 0.303 e. The lowest BCUT2D eigenvalue weighted by Crippen LogP contribution is -2.67. The summed E-state index contributed by atoms with van der Waals surface area (Å²) in [5.74, 6) is 0.593. The van der Waals surface area contributed by atoms with Crippen molar-refractivity contribution in [1.82, 2.24) is 0 Å². The van der Waals surface area contributed by atoms with E-state index in [9.17, 15) is 4.79 Å². The first-order chi connectivity index (χ1) is 19.3. The number of carboxylic acids is 1. The normalized spacial score (nSPS) is 28.1. The zero-order chi connectivity index (χ0) is 28.2. The fourth-order valence-corrected chi connectivity index (χ4v) is 12.1. The third-order valence-electron chi connectivity index (χ3n) is 9.36. The molecule has 2 aromatic carbocycles. The Kier molecular flexibility index (Phi) is 9.30. The molecule has 6 heteroatoms. The second-order valence-corrected chi connectivity index (χ2v) is 17.3. The molecule has 5 atom stereocenters. The van der Waals surface area contributed by atoms with Crippen LogP contribution in [0.25, 0.3) is 0 Å². The third kappa shape index (κ3) is 6.30. The monoisotopic (exact) mass is 562 g/mol. The summed E-state index contributed by atoms with van der Waals surface area (Å²) < 4.78 is 20.2. The van der Waals surface area contributed by atoms with Crippen LogP contribution in [0.1, 0.15) is 72.1 Å². The van der Waals surface area contributed by atoms with E-state index in [1.54, 1.807) is 0 Å². The first-order valence-corrected chi connectivity index (χ1v) is 17.1. The minimum atomic E-state index is -2.66. The summed E-state index contributed by atoms with van der Waals surface area (Å²) >= 11 is 0. The fraction of sp³-hybridized carbons (Fsp3) is 0.559. The Morgan fingerprint density at radius 1 is 1.02 bits per heavy atom. The number of rotatable bonds is 10. The molecule has 0 radical (unpaired) electrons. The van der Waals surface area contributed by atoms with Gasteiger partial charge in [0.25, 0.3) is 8.32 Å². The van der Waals surface area contributed by atoms with Crippen LogP contribution < -0.4 is 10.4 Å². The number of benzene rings is 2. The summed E-state index contributed by atoms with van der Waals surface area (Å²) in [4.78, 5) is 11.1. The highest BCUT2D eigenvalue weighted by atomic mass is 28.4. The van der Waals surface area contributed by atoms with E-state index in [-0.39, 0.29) is 29.8 Å². The summed E-state index contributed by atoms with van der Waals surface area (Å²) in [7, 11) is -2.66. The first-order valence-electron chi connectivity index (χ1n) is 15.2. The molecule has 1 heterocycles. The highest BCUT2D eigenvalue weighted by Gasteiger charge is 2.53. The maximum absolute atomic E-state index is 11.1. The maximum atomic E-state index is 11.1. The highest BCUT2D eigenvalue weighted by molar-refractivity contribution is 6.99. The standard InChI is InChI=1S/C34H46O5Si/c1-34(2,3)40(27-14-6-4-7-15-27,28-16-8-5-9-17-28)38-24-30-29-22-25(13-12-18-32(35)36)21-26(29)23-31(30)39-33-19-10-11-20-37-33/h4-9,13-17,26,29-31,33H,10-12,18-24H2,1-3H3,(H,35,36)/b25-13+/t26-,29-,30+,31+,33?/m0/s1. The van der Waals surface area contributed by atoms with E-state index in [0.29, 0.717) is 24.9 Å². The molecule has 40 heavy (non-hydrogen) atoms. The van der Waals surface area contributed by atoms with E-state index in [2.05, 4.69) is 87.5 Å². The SMILES string of the molecule is CC(C)(C)[Si](OC[C@@H]1[C@H]2C/C(=C/CCC(=O)O)C[C@H]2C[C@H]1OC1CCCCO1)(c1ccccc1)c1ccccc1. The zero-order valence-corrected chi connectivity index (χ0v) is 25.4. The number of ether oxygens (including phenoxy) is 2. The molecular formula is C34H46O5Si. The Morgan fingerprint density at radius 3 is 2.27 bits per heavy atom. The van der Waals surface area contributed by atoms with E-state index in [0.717, 1.165) is 45.1 Å². The van der Waals surface area contributed by atoms with Crippen molar-refractivity contribution >= 4 is 24.7 Å². The van der Waals surface area contributed by atoms with Gasteiger partial charge >= 0.3 is 5.97 Å². The predicted octanol–water partition coefficient (Wildman–Crippen LogP) is 6.31. The molecular weight excluding hydrogens is 516 g/mol. The molecule has 1 saturated heterocycles. The molecule has 2 saturated carbocycles. The lowest BCUT2D eigenvalue weighted by molar-refractivity contribution is -0.197. The Morgan fingerprint density at radius 2 is 1.70 bits per heavy atom. The van der Waals surface area contributed by atoms with Gasteiger partial charge in [-0.15, -0.1) is 0 Å². The summed E-state index contributed by atoms with van der Waals surface area (Å²) in [6, 6.07) is 21.7. The number of carbonyl (C=O) groups is 1. The summed E-state index contributed by atoms with van der Waals surface area (Å²) in [6.07, 6.45) is 9.33. The van der Waals surface area contributed by atoms with Gasteiger partial charge in [-0.25, -0.2) is 0 Å². The Bertz CT molecular complexity index is 1100. The number of fused-ring (bicyclic) bond motifs is 1. The van der Waals surface area contributed by atoms with Gasteiger partial charge in [0.15, 0.2) is 6.29 Å². The number of hydrogen-bond donors (Lipinski definition) is 1. The number of hydrogen-bond acceptors (Lipinski definition) is 4. The van der Waals surface area contributed by atoms with Gasteiger partial charge in [-0.05, 0) is 72.2 Å². The molecule has 2 aliphatic carbocycles. The quantitative estimate of drug-likeness (QED) is 0.272. The van der Waals surface area contributed by atoms with E-state index in [1.165, 1.54) is 15.9 Å². The number of allylic oxidation sites excluding steroid dienone is 2. The van der Waals surface area contributed by atoms with Gasteiger partial charge in [-0.3, -0.25) is 4.79 Å². The third-order valence-corrected chi connectivity index (χ3v) is 14.4. The highest BCUT2D eigenvalue weighted by Crippen LogP contribution is 2.52. The van der Waals surface area contributed by atoms with Gasteiger partial charge in [0.05, 0.1) is 6.10 Å². The molecule has 1 aliphatic heterocycles. The molecule has 0 amide bonds. The van der Waals surface area contributed by atoms with Crippen LogP contribution in [0.3, 0.4) is 0 Å². The Balaban J connectivity index is 1.44. The first kappa shape index (κ1) is 29.2. The molecule has 1 N–H and O–H groups in total. The van der Waals surface area contributed by atoms with Crippen LogP contribution in [0, 0.1) is 17.8 Å². The van der Waals surface area contributed by atoms with E-state index in [4.69, 9.17) is 19.0 Å². The summed E-state index contributed by atoms with van der Waals surface area (Å²) in [6.45, 7) is 8.44. The minimum Gasteiger partial charge on any atom is -0.481 e. The van der Waals surface area contributed by atoms with Crippen LogP contribution in [0.15, 0.2) is 72.3 Å². The molecule has 0 bridgehead atoms. The summed E-state index contributed by atoms with van der Waals surface area (Å²) in [5, 5.41) is 11.6. The molecule has 5 rings (SSSR count). The van der Waals surface area contributed by atoms with Crippen LogP contribution in [-0.2, 0) is 18.7 Å². The predicted molar refractivity (Wildman–Crippen MR) is 161 cm³/mol. The van der Waals surface area contributed by atoms with Crippen molar-refractivity contribution in [3.8, 4) is 0 Å². The topological polar surface area (TPSA) is 65.0 Å². The van der Waals surface area contributed by atoms with Crippen molar-refractivity contribution in [1.29, 1.82) is 0 Å². The van der Waals surface area contributed by atoms with Crippen molar-refractivity contribution in [3.63, 3.8) is 0 Å².